The van der Waals surface area contributed by atoms with Crippen molar-refractivity contribution in [1.29, 1.82) is 0 Å². The average molecular weight is 273 g/mol. The first-order chi connectivity index (χ1) is 9.67. The Morgan fingerprint density at radius 2 is 2.10 bits per heavy atom. The summed E-state index contributed by atoms with van der Waals surface area (Å²) in [5.41, 5.74) is 1.07. The Hall–Kier alpha value is -1.77. The molecule has 0 aliphatic rings. The molecule has 1 unspecified atom stereocenters. The van der Waals surface area contributed by atoms with Gasteiger partial charge in [-0.25, -0.2) is 0 Å². The summed E-state index contributed by atoms with van der Waals surface area (Å²) < 4.78 is 7.77. The van der Waals surface area contributed by atoms with Crippen molar-refractivity contribution in [3.63, 3.8) is 0 Å². The maximum absolute atomic E-state index is 12.1. The Kier molecular flexibility index (Phi) is 4.83. The minimum absolute atomic E-state index is 0.118. The average Bonchev–Trinajstić information content (AvgIpc) is 2.88. The molecule has 1 aromatic heterocycles. The number of benzene rings is 1. The molecule has 0 amide bonds. The maximum Gasteiger partial charge on any atom is 0.155 e. The standard InChI is InChI=1S/C17H23NO2/c1-4-11-20-17-8-6-7-15-14(17)9-10-18(15)12-16(19)13(3)5-2/h6-10,13H,4-5,11-12H2,1-3H3. The normalized spacial score (nSPS) is 12.6. The molecule has 1 aromatic carbocycles. The summed E-state index contributed by atoms with van der Waals surface area (Å²) in [5, 5.41) is 1.08. The molecule has 0 fully saturated rings. The Morgan fingerprint density at radius 1 is 1.30 bits per heavy atom. The number of hydrogen-bond donors (Lipinski definition) is 0. The van der Waals surface area contributed by atoms with Crippen LogP contribution < -0.4 is 4.74 Å². The minimum atomic E-state index is 0.118. The minimum Gasteiger partial charge on any atom is -0.493 e. The molecule has 0 aliphatic carbocycles. The van der Waals surface area contributed by atoms with Gasteiger partial charge in [0.15, 0.2) is 5.78 Å². The van der Waals surface area contributed by atoms with Gasteiger partial charge in [-0.05, 0) is 31.0 Å². The van der Waals surface area contributed by atoms with E-state index < -0.39 is 0 Å². The van der Waals surface area contributed by atoms with E-state index in [-0.39, 0.29) is 11.7 Å². The zero-order chi connectivity index (χ0) is 14.5. The lowest BCUT2D eigenvalue weighted by molar-refractivity contribution is -0.122. The zero-order valence-electron chi connectivity index (χ0n) is 12.6. The van der Waals surface area contributed by atoms with Crippen molar-refractivity contribution in [2.75, 3.05) is 6.61 Å². The number of ether oxygens (including phenoxy) is 1. The van der Waals surface area contributed by atoms with Gasteiger partial charge < -0.3 is 9.30 Å². The van der Waals surface area contributed by atoms with Crippen molar-refractivity contribution >= 4 is 16.7 Å². The molecule has 3 nitrogen and oxygen atoms in total. The highest BCUT2D eigenvalue weighted by atomic mass is 16.5. The van der Waals surface area contributed by atoms with Gasteiger partial charge in [-0.1, -0.05) is 26.8 Å². The third-order valence-electron chi connectivity index (χ3n) is 3.72. The third kappa shape index (κ3) is 3.03. The largest absolute Gasteiger partial charge is 0.493 e. The third-order valence-corrected chi connectivity index (χ3v) is 3.72. The Labute approximate surface area is 120 Å². The smallest absolute Gasteiger partial charge is 0.155 e. The van der Waals surface area contributed by atoms with E-state index >= 15 is 0 Å². The van der Waals surface area contributed by atoms with Crippen LogP contribution in [-0.2, 0) is 11.3 Å². The topological polar surface area (TPSA) is 31.2 Å². The fourth-order valence-electron chi connectivity index (χ4n) is 2.22. The van der Waals surface area contributed by atoms with E-state index in [0.29, 0.717) is 6.54 Å². The van der Waals surface area contributed by atoms with E-state index in [4.69, 9.17) is 4.74 Å². The molecule has 0 bridgehead atoms. The number of carbonyl (C=O) groups excluding carboxylic acids is 1. The summed E-state index contributed by atoms with van der Waals surface area (Å²) in [6.45, 7) is 7.29. The summed E-state index contributed by atoms with van der Waals surface area (Å²) in [7, 11) is 0. The van der Waals surface area contributed by atoms with Gasteiger partial charge in [0, 0.05) is 17.5 Å². The second kappa shape index (κ2) is 6.60. The van der Waals surface area contributed by atoms with Gasteiger partial charge in [0.1, 0.15) is 5.75 Å². The number of aromatic nitrogens is 1. The molecule has 3 heteroatoms. The lowest BCUT2D eigenvalue weighted by Gasteiger charge is -2.10. The maximum atomic E-state index is 12.1. The predicted octanol–water partition coefficient (Wildman–Crippen LogP) is 4.05. The molecule has 2 aromatic rings. The quantitative estimate of drug-likeness (QED) is 0.762. The van der Waals surface area contributed by atoms with Crippen LogP contribution in [0.15, 0.2) is 30.5 Å². The molecule has 20 heavy (non-hydrogen) atoms. The van der Waals surface area contributed by atoms with Crippen LogP contribution in [0.4, 0.5) is 0 Å². The van der Waals surface area contributed by atoms with Crippen molar-refractivity contribution in [2.45, 2.75) is 40.2 Å². The summed E-state index contributed by atoms with van der Waals surface area (Å²) in [6.07, 6.45) is 3.86. The predicted molar refractivity (Wildman–Crippen MR) is 82.2 cm³/mol. The monoisotopic (exact) mass is 273 g/mol. The lowest BCUT2D eigenvalue weighted by Crippen LogP contribution is -2.16. The molecule has 0 N–H and O–H groups in total. The summed E-state index contributed by atoms with van der Waals surface area (Å²) in [6, 6.07) is 8.04. The van der Waals surface area contributed by atoms with Crippen LogP contribution in [0.3, 0.4) is 0 Å². The molecule has 1 atom stereocenters. The fourth-order valence-corrected chi connectivity index (χ4v) is 2.22. The highest BCUT2D eigenvalue weighted by Gasteiger charge is 2.13. The molecular weight excluding hydrogens is 250 g/mol. The molecule has 1 heterocycles. The van der Waals surface area contributed by atoms with Crippen LogP contribution in [0.25, 0.3) is 10.9 Å². The highest BCUT2D eigenvalue weighted by molar-refractivity contribution is 5.88. The number of hydrogen-bond acceptors (Lipinski definition) is 2. The Morgan fingerprint density at radius 3 is 2.80 bits per heavy atom. The fraction of sp³-hybridized carbons (Fsp3) is 0.471. The zero-order valence-corrected chi connectivity index (χ0v) is 12.6. The Balaban J connectivity index is 2.26. The van der Waals surface area contributed by atoms with Crippen LogP contribution in [0, 0.1) is 5.92 Å². The molecule has 2 rings (SSSR count). The van der Waals surface area contributed by atoms with E-state index in [9.17, 15) is 4.79 Å². The second-order valence-corrected chi connectivity index (χ2v) is 5.26. The summed E-state index contributed by atoms with van der Waals surface area (Å²) in [5.74, 6) is 1.30. The first-order valence-corrected chi connectivity index (χ1v) is 7.40. The van der Waals surface area contributed by atoms with Crippen molar-refractivity contribution in [2.24, 2.45) is 5.92 Å². The van der Waals surface area contributed by atoms with Crippen LogP contribution in [0.2, 0.25) is 0 Å². The van der Waals surface area contributed by atoms with Gasteiger partial charge in [-0.15, -0.1) is 0 Å². The van der Waals surface area contributed by atoms with E-state index in [1.165, 1.54) is 0 Å². The number of ketones is 1. The summed E-state index contributed by atoms with van der Waals surface area (Å²) in [4.78, 5) is 12.1. The van der Waals surface area contributed by atoms with Crippen LogP contribution in [0.1, 0.15) is 33.6 Å². The first kappa shape index (κ1) is 14.6. The molecule has 0 saturated carbocycles. The van der Waals surface area contributed by atoms with Crippen LogP contribution >= 0.6 is 0 Å². The van der Waals surface area contributed by atoms with Gasteiger partial charge >= 0.3 is 0 Å². The summed E-state index contributed by atoms with van der Waals surface area (Å²) >= 11 is 0. The van der Waals surface area contributed by atoms with E-state index in [0.717, 1.165) is 36.1 Å². The van der Waals surface area contributed by atoms with E-state index in [1.54, 1.807) is 0 Å². The van der Waals surface area contributed by atoms with Crippen molar-refractivity contribution in [3.05, 3.63) is 30.5 Å². The molecular formula is C17H23NO2. The van der Waals surface area contributed by atoms with Gasteiger partial charge in [0.25, 0.3) is 0 Å². The number of Topliss-reactive ketones (excluding diaryl/α,β-unsaturated/α-hetero) is 1. The molecule has 0 radical (unpaired) electrons. The SMILES string of the molecule is CCCOc1cccc2c1ccn2CC(=O)C(C)CC. The second-order valence-electron chi connectivity index (χ2n) is 5.26. The Bertz CT molecular complexity index is 586. The molecule has 0 spiro atoms. The highest BCUT2D eigenvalue weighted by Crippen LogP contribution is 2.27. The van der Waals surface area contributed by atoms with Crippen molar-refractivity contribution in [1.82, 2.24) is 4.57 Å². The van der Waals surface area contributed by atoms with Gasteiger partial charge in [0.05, 0.1) is 18.7 Å². The van der Waals surface area contributed by atoms with Gasteiger partial charge in [0.2, 0.25) is 0 Å². The van der Waals surface area contributed by atoms with Gasteiger partial charge in [-0.3, -0.25) is 4.79 Å². The van der Waals surface area contributed by atoms with Crippen LogP contribution in [0.5, 0.6) is 5.75 Å². The molecule has 0 saturated heterocycles. The van der Waals surface area contributed by atoms with Crippen molar-refractivity contribution < 1.29 is 9.53 Å². The van der Waals surface area contributed by atoms with Gasteiger partial charge in [-0.2, -0.15) is 0 Å². The number of nitrogens with zero attached hydrogens (tertiary/aromatic N) is 1. The number of carbonyl (C=O) groups is 1. The van der Waals surface area contributed by atoms with E-state index in [2.05, 4.69) is 6.92 Å². The lowest BCUT2D eigenvalue weighted by atomic mass is 10.0. The molecule has 0 aliphatic heterocycles. The van der Waals surface area contributed by atoms with E-state index in [1.807, 2.05) is 48.9 Å². The van der Waals surface area contributed by atoms with Crippen molar-refractivity contribution in [3.8, 4) is 5.75 Å². The first-order valence-electron chi connectivity index (χ1n) is 7.40. The number of fused-ring (bicyclic) bond motifs is 1. The number of rotatable bonds is 7. The van der Waals surface area contributed by atoms with Crippen LogP contribution in [-0.4, -0.2) is 17.0 Å². The molecule has 108 valence electrons.